The van der Waals surface area contributed by atoms with Gasteiger partial charge in [0.1, 0.15) is 6.04 Å². The SMILES string of the molecule is CNC(C(=O)NCCNC(=O)c1ccc(C)cc1)c1cnn(C)c1. The molecule has 1 atom stereocenters. The van der Waals surface area contributed by atoms with E-state index in [2.05, 4.69) is 21.0 Å². The fraction of sp³-hybridized carbons (Fsp3) is 0.353. The van der Waals surface area contributed by atoms with Crippen LogP contribution in [-0.2, 0) is 11.8 Å². The highest BCUT2D eigenvalue weighted by Crippen LogP contribution is 2.10. The Morgan fingerprint density at radius 1 is 1.17 bits per heavy atom. The van der Waals surface area contributed by atoms with Crippen LogP contribution in [0.4, 0.5) is 0 Å². The van der Waals surface area contributed by atoms with Gasteiger partial charge in [0, 0.05) is 37.5 Å². The topological polar surface area (TPSA) is 88.1 Å². The summed E-state index contributed by atoms with van der Waals surface area (Å²) in [6.07, 6.45) is 3.44. The zero-order valence-corrected chi connectivity index (χ0v) is 14.2. The third kappa shape index (κ3) is 4.66. The summed E-state index contributed by atoms with van der Waals surface area (Å²) < 4.78 is 1.65. The molecule has 2 amide bonds. The molecule has 2 rings (SSSR count). The third-order valence-electron chi connectivity index (χ3n) is 3.63. The second kappa shape index (κ2) is 8.26. The lowest BCUT2D eigenvalue weighted by molar-refractivity contribution is -0.123. The molecule has 7 heteroatoms. The van der Waals surface area contributed by atoms with E-state index < -0.39 is 6.04 Å². The van der Waals surface area contributed by atoms with Crippen molar-refractivity contribution >= 4 is 11.8 Å². The Bertz CT molecular complexity index is 693. The Labute approximate surface area is 141 Å². The number of aryl methyl sites for hydroxylation is 2. The summed E-state index contributed by atoms with van der Waals surface area (Å²) in [5.41, 5.74) is 2.50. The normalized spacial score (nSPS) is 11.8. The molecule has 128 valence electrons. The van der Waals surface area contributed by atoms with E-state index in [0.717, 1.165) is 11.1 Å². The van der Waals surface area contributed by atoms with E-state index in [1.807, 2.05) is 19.1 Å². The highest BCUT2D eigenvalue weighted by Gasteiger charge is 2.19. The Balaban J connectivity index is 1.77. The summed E-state index contributed by atoms with van der Waals surface area (Å²) in [4.78, 5) is 24.2. The van der Waals surface area contributed by atoms with Gasteiger partial charge in [0.2, 0.25) is 5.91 Å². The molecule has 1 aromatic carbocycles. The second-order valence-electron chi connectivity index (χ2n) is 5.58. The molecule has 24 heavy (non-hydrogen) atoms. The van der Waals surface area contributed by atoms with Gasteiger partial charge in [-0.25, -0.2) is 0 Å². The number of benzene rings is 1. The number of nitrogens with zero attached hydrogens (tertiary/aromatic N) is 2. The largest absolute Gasteiger partial charge is 0.353 e. The monoisotopic (exact) mass is 329 g/mol. The Morgan fingerprint density at radius 3 is 2.42 bits per heavy atom. The van der Waals surface area contributed by atoms with E-state index >= 15 is 0 Å². The molecule has 1 heterocycles. The first-order valence-electron chi connectivity index (χ1n) is 7.79. The van der Waals surface area contributed by atoms with Gasteiger partial charge in [-0.1, -0.05) is 17.7 Å². The minimum Gasteiger partial charge on any atom is -0.353 e. The molecule has 2 aromatic rings. The molecule has 0 saturated heterocycles. The number of nitrogens with one attached hydrogen (secondary N) is 3. The van der Waals surface area contributed by atoms with Gasteiger partial charge >= 0.3 is 0 Å². The van der Waals surface area contributed by atoms with E-state index in [0.29, 0.717) is 18.7 Å². The van der Waals surface area contributed by atoms with Crippen molar-refractivity contribution in [2.45, 2.75) is 13.0 Å². The van der Waals surface area contributed by atoms with E-state index in [9.17, 15) is 9.59 Å². The number of aromatic nitrogens is 2. The predicted octanol–water partition coefficient (Wildman–Crippen LogP) is 0.535. The Kier molecular flexibility index (Phi) is 6.08. The van der Waals surface area contributed by atoms with Gasteiger partial charge in [-0.2, -0.15) is 5.10 Å². The van der Waals surface area contributed by atoms with Crippen LogP contribution in [0.25, 0.3) is 0 Å². The first-order valence-corrected chi connectivity index (χ1v) is 7.79. The van der Waals surface area contributed by atoms with Crippen molar-refractivity contribution in [2.75, 3.05) is 20.1 Å². The average Bonchev–Trinajstić information content (AvgIpc) is 2.99. The van der Waals surface area contributed by atoms with Crippen LogP contribution in [0.1, 0.15) is 27.5 Å². The van der Waals surface area contributed by atoms with Crippen LogP contribution >= 0.6 is 0 Å². The van der Waals surface area contributed by atoms with Gasteiger partial charge in [0.05, 0.1) is 6.20 Å². The van der Waals surface area contributed by atoms with Gasteiger partial charge in [0.25, 0.3) is 5.91 Å². The lowest BCUT2D eigenvalue weighted by atomic mass is 10.1. The number of hydrogen-bond acceptors (Lipinski definition) is 4. The lowest BCUT2D eigenvalue weighted by Crippen LogP contribution is -2.40. The maximum absolute atomic E-state index is 12.2. The number of likely N-dealkylation sites (N-methyl/N-ethyl adjacent to an activating group) is 1. The van der Waals surface area contributed by atoms with Crippen LogP contribution < -0.4 is 16.0 Å². The highest BCUT2D eigenvalue weighted by atomic mass is 16.2. The first kappa shape index (κ1) is 17.7. The number of rotatable bonds is 7. The second-order valence-corrected chi connectivity index (χ2v) is 5.58. The van der Waals surface area contributed by atoms with Crippen molar-refractivity contribution in [3.63, 3.8) is 0 Å². The summed E-state index contributed by atoms with van der Waals surface area (Å²) in [6.45, 7) is 2.69. The minimum absolute atomic E-state index is 0.151. The van der Waals surface area contributed by atoms with Gasteiger partial charge < -0.3 is 16.0 Å². The molecule has 0 aliphatic carbocycles. The molecule has 0 aliphatic heterocycles. The summed E-state index contributed by atoms with van der Waals surface area (Å²) in [6, 6.07) is 6.88. The fourth-order valence-electron chi connectivity index (χ4n) is 2.31. The predicted molar refractivity (Wildman–Crippen MR) is 91.5 cm³/mol. The smallest absolute Gasteiger partial charge is 0.251 e. The lowest BCUT2D eigenvalue weighted by Gasteiger charge is -2.14. The van der Waals surface area contributed by atoms with Crippen molar-refractivity contribution < 1.29 is 9.59 Å². The standard InChI is InChI=1S/C17H23N5O2/c1-12-4-6-13(7-5-12)16(23)19-8-9-20-17(24)15(18-2)14-10-21-22(3)11-14/h4-7,10-11,15,18H,8-9H2,1-3H3,(H,19,23)(H,20,24). The molecule has 7 nitrogen and oxygen atoms in total. The van der Waals surface area contributed by atoms with E-state index in [1.165, 1.54) is 0 Å². The molecule has 1 aromatic heterocycles. The summed E-state index contributed by atoms with van der Waals surface area (Å²) in [5.74, 6) is -0.309. The molecular formula is C17H23N5O2. The van der Waals surface area contributed by atoms with Crippen molar-refractivity contribution in [3.05, 3.63) is 53.3 Å². The first-order chi connectivity index (χ1) is 11.5. The molecule has 0 aliphatic rings. The quantitative estimate of drug-likeness (QED) is 0.647. The van der Waals surface area contributed by atoms with Gasteiger partial charge in [0.15, 0.2) is 0 Å². The summed E-state index contributed by atoms with van der Waals surface area (Å²) in [7, 11) is 3.52. The van der Waals surface area contributed by atoms with Gasteiger partial charge in [-0.15, -0.1) is 0 Å². The number of carbonyl (C=O) groups is 2. The molecule has 3 N–H and O–H groups in total. The van der Waals surface area contributed by atoms with Crippen LogP contribution in [0.3, 0.4) is 0 Å². The van der Waals surface area contributed by atoms with E-state index in [-0.39, 0.29) is 11.8 Å². The maximum Gasteiger partial charge on any atom is 0.251 e. The maximum atomic E-state index is 12.2. The van der Waals surface area contributed by atoms with Crippen molar-refractivity contribution in [1.82, 2.24) is 25.7 Å². The zero-order chi connectivity index (χ0) is 17.5. The zero-order valence-electron chi connectivity index (χ0n) is 14.2. The fourth-order valence-corrected chi connectivity index (χ4v) is 2.31. The molecule has 1 unspecified atom stereocenters. The Hall–Kier alpha value is -2.67. The van der Waals surface area contributed by atoms with Crippen LogP contribution in [-0.4, -0.2) is 41.7 Å². The van der Waals surface area contributed by atoms with E-state index in [4.69, 9.17) is 0 Å². The Morgan fingerprint density at radius 2 is 1.83 bits per heavy atom. The molecular weight excluding hydrogens is 306 g/mol. The van der Waals surface area contributed by atoms with Crippen LogP contribution in [0.15, 0.2) is 36.7 Å². The average molecular weight is 329 g/mol. The van der Waals surface area contributed by atoms with Crippen LogP contribution in [0.2, 0.25) is 0 Å². The minimum atomic E-state index is -0.466. The molecule has 0 radical (unpaired) electrons. The highest BCUT2D eigenvalue weighted by molar-refractivity contribution is 5.94. The number of carbonyl (C=O) groups excluding carboxylic acids is 2. The molecule has 0 spiro atoms. The van der Waals surface area contributed by atoms with Gasteiger partial charge in [-0.05, 0) is 26.1 Å². The van der Waals surface area contributed by atoms with Crippen LogP contribution in [0.5, 0.6) is 0 Å². The molecule has 0 bridgehead atoms. The number of hydrogen-bond donors (Lipinski definition) is 3. The van der Waals surface area contributed by atoms with Crippen molar-refractivity contribution in [3.8, 4) is 0 Å². The summed E-state index contributed by atoms with van der Waals surface area (Å²) >= 11 is 0. The molecule has 0 saturated carbocycles. The van der Waals surface area contributed by atoms with E-state index in [1.54, 1.807) is 43.3 Å². The van der Waals surface area contributed by atoms with Crippen LogP contribution in [0, 0.1) is 6.92 Å². The summed E-state index contributed by atoms with van der Waals surface area (Å²) in [5, 5.41) is 12.6. The van der Waals surface area contributed by atoms with Gasteiger partial charge in [-0.3, -0.25) is 14.3 Å². The van der Waals surface area contributed by atoms with Crippen molar-refractivity contribution in [2.24, 2.45) is 7.05 Å². The molecule has 0 fully saturated rings. The van der Waals surface area contributed by atoms with Crippen molar-refractivity contribution in [1.29, 1.82) is 0 Å². The third-order valence-corrected chi connectivity index (χ3v) is 3.63. The number of amides is 2.